The minimum Gasteiger partial charge on any atom is -0.300 e. The quantitative estimate of drug-likeness (QED) is 0.832. The van der Waals surface area contributed by atoms with E-state index in [0.717, 1.165) is 38.2 Å². The molecule has 0 aromatic heterocycles. The third-order valence-corrected chi connectivity index (χ3v) is 5.88. The number of halogens is 2. The molecule has 1 aromatic rings. The molecule has 0 radical (unpaired) electrons. The predicted molar refractivity (Wildman–Crippen MR) is 70.1 cm³/mol. The minimum absolute atomic E-state index is 0.000734. The molecular weight excluding hydrogens is 291 g/mol. The van der Waals surface area contributed by atoms with Crippen molar-refractivity contribution in [2.75, 3.05) is 26.2 Å². The van der Waals surface area contributed by atoms with Gasteiger partial charge in [-0.05, 0) is 31.2 Å². The van der Waals surface area contributed by atoms with Gasteiger partial charge in [0.2, 0.25) is 10.0 Å². The van der Waals surface area contributed by atoms with Crippen LogP contribution in [0, 0.1) is 5.82 Å². The van der Waals surface area contributed by atoms with Gasteiger partial charge in [0.25, 0.3) is 0 Å². The highest BCUT2D eigenvalue weighted by molar-refractivity contribution is 7.89. The zero-order valence-corrected chi connectivity index (χ0v) is 11.8. The van der Waals surface area contributed by atoms with E-state index in [0.29, 0.717) is 6.54 Å². The summed E-state index contributed by atoms with van der Waals surface area (Å²) < 4.78 is 39.9. The fourth-order valence-electron chi connectivity index (χ4n) is 2.80. The van der Waals surface area contributed by atoms with Crippen molar-refractivity contribution in [3.63, 3.8) is 0 Å². The molecule has 0 spiro atoms. The molecule has 4 nitrogen and oxygen atoms in total. The lowest BCUT2D eigenvalue weighted by Crippen LogP contribution is -2.49. The maximum Gasteiger partial charge on any atom is 0.243 e. The summed E-state index contributed by atoms with van der Waals surface area (Å²) in [6, 6.07) is 3.44. The summed E-state index contributed by atoms with van der Waals surface area (Å²) in [4.78, 5) is 2.19. The third kappa shape index (κ3) is 2.38. The smallest absolute Gasteiger partial charge is 0.243 e. The van der Waals surface area contributed by atoms with Gasteiger partial charge in [-0.25, -0.2) is 12.8 Å². The van der Waals surface area contributed by atoms with E-state index in [1.165, 1.54) is 10.4 Å². The van der Waals surface area contributed by atoms with Crippen molar-refractivity contribution < 1.29 is 12.8 Å². The van der Waals surface area contributed by atoms with Crippen LogP contribution < -0.4 is 0 Å². The fraction of sp³-hybridized carbons (Fsp3) is 0.500. The summed E-state index contributed by atoms with van der Waals surface area (Å²) in [5, 5.41) is 0.101. The SMILES string of the molecule is O=S(=O)(c1cc(F)cc(Cl)c1)N1CCN2CCC1C2. The second-order valence-corrected chi connectivity index (χ2v) is 7.29. The number of sulfonamides is 1. The first-order chi connectivity index (χ1) is 8.96. The number of nitrogens with zero attached hydrogens (tertiary/aromatic N) is 2. The van der Waals surface area contributed by atoms with Crippen molar-refractivity contribution in [3.05, 3.63) is 29.0 Å². The van der Waals surface area contributed by atoms with Crippen LogP contribution in [0.25, 0.3) is 0 Å². The lowest BCUT2D eigenvalue weighted by atomic mass is 10.2. The largest absolute Gasteiger partial charge is 0.300 e. The van der Waals surface area contributed by atoms with Gasteiger partial charge in [-0.2, -0.15) is 4.31 Å². The molecule has 0 amide bonds. The van der Waals surface area contributed by atoms with Crippen molar-refractivity contribution in [2.24, 2.45) is 0 Å². The molecule has 2 fully saturated rings. The van der Waals surface area contributed by atoms with E-state index in [1.54, 1.807) is 0 Å². The van der Waals surface area contributed by atoms with Crippen molar-refractivity contribution >= 4 is 21.6 Å². The molecule has 19 heavy (non-hydrogen) atoms. The first-order valence-electron chi connectivity index (χ1n) is 6.17. The van der Waals surface area contributed by atoms with Gasteiger partial charge in [-0.1, -0.05) is 11.6 Å². The van der Waals surface area contributed by atoms with E-state index in [1.807, 2.05) is 0 Å². The Hall–Kier alpha value is -0.690. The monoisotopic (exact) mass is 304 g/mol. The summed E-state index contributed by atoms with van der Waals surface area (Å²) in [6.45, 7) is 2.89. The molecule has 2 saturated heterocycles. The third-order valence-electron chi connectivity index (χ3n) is 3.73. The zero-order valence-electron chi connectivity index (χ0n) is 10.2. The Balaban J connectivity index is 1.97. The summed E-state index contributed by atoms with van der Waals surface area (Å²) >= 11 is 5.74. The second-order valence-electron chi connectivity index (χ2n) is 4.96. The number of hydrogen-bond donors (Lipinski definition) is 0. The second kappa shape index (κ2) is 4.70. The summed E-state index contributed by atoms with van der Waals surface area (Å²) in [6.07, 6.45) is 0.836. The lowest BCUT2D eigenvalue weighted by molar-refractivity contribution is 0.213. The van der Waals surface area contributed by atoms with E-state index >= 15 is 0 Å². The average molecular weight is 305 g/mol. The van der Waals surface area contributed by atoms with Crippen molar-refractivity contribution in [2.45, 2.75) is 17.4 Å². The number of fused-ring (bicyclic) bond motifs is 2. The highest BCUT2D eigenvalue weighted by Crippen LogP contribution is 2.28. The fourth-order valence-corrected chi connectivity index (χ4v) is 4.78. The summed E-state index contributed by atoms with van der Waals surface area (Å²) in [5.41, 5.74) is 0. The van der Waals surface area contributed by atoms with Gasteiger partial charge in [-0.15, -0.1) is 0 Å². The van der Waals surface area contributed by atoms with Crippen LogP contribution in [0.2, 0.25) is 5.02 Å². The van der Waals surface area contributed by atoms with Crippen LogP contribution in [0.4, 0.5) is 4.39 Å². The molecular formula is C12H14ClFN2O2S. The Labute approximate surface area is 116 Å². The Kier molecular flexibility index (Phi) is 3.29. The van der Waals surface area contributed by atoms with Gasteiger partial charge in [0.05, 0.1) is 4.90 Å². The van der Waals surface area contributed by atoms with Crippen molar-refractivity contribution in [1.82, 2.24) is 9.21 Å². The molecule has 0 saturated carbocycles. The topological polar surface area (TPSA) is 40.6 Å². The predicted octanol–water partition coefficient (Wildman–Crippen LogP) is 1.56. The maximum absolute atomic E-state index is 13.3. The van der Waals surface area contributed by atoms with Crippen LogP contribution >= 0.6 is 11.6 Å². The maximum atomic E-state index is 13.3. The molecule has 3 rings (SSSR count). The minimum atomic E-state index is -3.66. The number of hydrogen-bond acceptors (Lipinski definition) is 3. The molecule has 0 aliphatic carbocycles. The molecule has 2 aliphatic heterocycles. The van der Waals surface area contributed by atoms with E-state index < -0.39 is 15.8 Å². The Morgan fingerprint density at radius 2 is 2.00 bits per heavy atom. The van der Waals surface area contributed by atoms with Gasteiger partial charge in [0.1, 0.15) is 5.82 Å². The van der Waals surface area contributed by atoms with E-state index in [-0.39, 0.29) is 16.0 Å². The highest BCUT2D eigenvalue weighted by Gasteiger charge is 2.39. The standard InChI is InChI=1S/C12H14ClFN2O2S/c13-9-5-10(14)7-12(6-9)19(17,18)16-4-3-15-2-1-11(16)8-15/h5-7,11H,1-4,8H2. The van der Waals surface area contributed by atoms with Crippen LogP contribution in [-0.2, 0) is 10.0 Å². The van der Waals surface area contributed by atoms with E-state index in [2.05, 4.69) is 4.90 Å². The molecule has 2 aliphatic rings. The van der Waals surface area contributed by atoms with Gasteiger partial charge in [0.15, 0.2) is 0 Å². The van der Waals surface area contributed by atoms with E-state index in [9.17, 15) is 12.8 Å². The van der Waals surface area contributed by atoms with Crippen molar-refractivity contribution in [1.29, 1.82) is 0 Å². The van der Waals surface area contributed by atoms with Gasteiger partial charge < -0.3 is 4.90 Å². The molecule has 0 N–H and O–H groups in total. The molecule has 2 heterocycles. The summed E-state index contributed by atoms with van der Waals surface area (Å²) in [5.74, 6) is -0.629. The summed E-state index contributed by atoms with van der Waals surface area (Å²) in [7, 11) is -3.66. The molecule has 1 aromatic carbocycles. The van der Waals surface area contributed by atoms with Crippen molar-refractivity contribution in [3.8, 4) is 0 Å². The average Bonchev–Trinajstić information content (AvgIpc) is 2.69. The van der Waals surface area contributed by atoms with Crippen LogP contribution in [0.3, 0.4) is 0 Å². The Morgan fingerprint density at radius 1 is 1.21 bits per heavy atom. The number of benzene rings is 1. The van der Waals surface area contributed by atoms with Gasteiger partial charge >= 0.3 is 0 Å². The first-order valence-corrected chi connectivity index (χ1v) is 7.99. The van der Waals surface area contributed by atoms with Gasteiger partial charge in [-0.3, -0.25) is 0 Å². The number of rotatable bonds is 2. The number of piperazine rings is 1. The molecule has 2 unspecified atom stereocenters. The molecule has 2 bridgehead atoms. The Morgan fingerprint density at radius 3 is 2.74 bits per heavy atom. The first kappa shape index (κ1) is 13.3. The molecule has 7 heteroatoms. The van der Waals surface area contributed by atoms with Crippen LogP contribution in [0.15, 0.2) is 23.1 Å². The van der Waals surface area contributed by atoms with Crippen LogP contribution in [0.5, 0.6) is 0 Å². The molecule has 104 valence electrons. The van der Waals surface area contributed by atoms with E-state index in [4.69, 9.17) is 11.6 Å². The zero-order chi connectivity index (χ0) is 13.6. The lowest BCUT2D eigenvalue weighted by Gasteiger charge is -2.33. The normalized spacial score (nSPS) is 27.7. The highest BCUT2D eigenvalue weighted by atomic mass is 35.5. The molecule has 2 atom stereocenters. The van der Waals surface area contributed by atoms with Crippen LogP contribution in [-0.4, -0.2) is 49.8 Å². The Bertz CT molecular complexity index is 587. The van der Waals surface area contributed by atoms with Gasteiger partial charge in [0, 0.05) is 30.7 Å². The van der Waals surface area contributed by atoms with Crippen LogP contribution in [0.1, 0.15) is 6.42 Å².